The number of hydrogen-bond acceptors (Lipinski definition) is 5. The van der Waals surface area contributed by atoms with Crippen molar-refractivity contribution >= 4 is 8.25 Å². The highest BCUT2D eigenvalue weighted by Crippen LogP contribution is 2.27. The Morgan fingerprint density at radius 3 is 1.50 bits per heavy atom. The Hall–Kier alpha value is -1.49. The van der Waals surface area contributed by atoms with Gasteiger partial charge in [0.25, 0.3) is 0 Å². The van der Waals surface area contributed by atoms with Gasteiger partial charge in [-0.15, -0.1) is 0 Å². The molecule has 24 heavy (non-hydrogen) atoms. The molecule has 0 amide bonds. The van der Waals surface area contributed by atoms with E-state index in [-0.39, 0.29) is 12.2 Å². The van der Waals surface area contributed by atoms with E-state index >= 15 is 0 Å². The Balaban J connectivity index is 0.000000141. The first-order valence-corrected chi connectivity index (χ1v) is 9.17. The van der Waals surface area contributed by atoms with Crippen molar-refractivity contribution in [2.45, 2.75) is 12.2 Å². The van der Waals surface area contributed by atoms with Crippen LogP contribution in [0.3, 0.4) is 0 Å². The van der Waals surface area contributed by atoms with Crippen molar-refractivity contribution in [1.29, 1.82) is 0 Å². The Morgan fingerprint density at radius 1 is 0.792 bits per heavy atom. The van der Waals surface area contributed by atoms with E-state index in [1.54, 1.807) is 0 Å². The lowest BCUT2D eigenvalue weighted by atomic mass is 10.1. The van der Waals surface area contributed by atoms with Crippen LogP contribution in [0.5, 0.6) is 0 Å². The molecule has 128 valence electrons. The summed E-state index contributed by atoms with van der Waals surface area (Å²) in [5.74, 6) is 0. The minimum absolute atomic E-state index is 0.139. The molecule has 2 saturated heterocycles. The van der Waals surface area contributed by atoms with Gasteiger partial charge in [-0.1, -0.05) is 60.7 Å². The molecule has 2 fully saturated rings. The lowest BCUT2D eigenvalue weighted by Crippen LogP contribution is -1.99. The summed E-state index contributed by atoms with van der Waals surface area (Å²) in [6.07, 6.45) is 0.277. The summed E-state index contributed by atoms with van der Waals surface area (Å²) in [6, 6.07) is 20.8. The van der Waals surface area contributed by atoms with E-state index in [1.807, 2.05) is 12.1 Å². The zero-order valence-electron chi connectivity index (χ0n) is 13.3. The highest BCUT2D eigenvalue weighted by Gasteiger charge is 2.25. The summed E-state index contributed by atoms with van der Waals surface area (Å²) in [7, 11) is -2.31. The van der Waals surface area contributed by atoms with Crippen molar-refractivity contribution < 1.29 is 23.1 Å². The second-order valence-corrected chi connectivity index (χ2v) is 6.59. The second kappa shape index (κ2) is 9.11. The van der Waals surface area contributed by atoms with Gasteiger partial charge >= 0.3 is 8.25 Å². The zero-order valence-corrected chi connectivity index (χ0v) is 14.3. The summed E-state index contributed by atoms with van der Waals surface area (Å²) in [4.78, 5) is 0. The van der Waals surface area contributed by atoms with Crippen molar-refractivity contribution in [2.75, 3.05) is 26.4 Å². The zero-order chi connectivity index (χ0) is 16.6. The van der Waals surface area contributed by atoms with Gasteiger partial charge in [-0.2, -0.15) is 0 Å². The van der Waals surface area contributed by atoms with Gasteiger partial charge in [0.05, 0.1) is 26.4 Å². The van der Waals surface area contributed by atoms with Crippen LogP contribution in [-0.4, -0.2) is 38.6 Å². The Kier molecular flexibility index (Phi) is 6.58. The van der Waals surface area contributed by atoms with Crippen LogP contribution in [-0.2, 0) is 23.1 Å². The number of rotatable bonds is 7. The minimum atomic E-state index is -2.31. The van der Waals surface area contributed by atoms with Crippen LogP contribution >= 0.6 is 8.25 Å². The lowest BCUT2D eigenvalue weighted by Gasteiger charge is -2.01. The molecule has 0 aromatic heterocycles. The van der Waals surface area contributed by atoms with Crippen LogP contribution in [0.4, 0.5) is 0 Å². The monoisotopic (exact) mass is 348 g/mol. The average molecular weight is 348 g/mol. The van der Waals surface area contributed by atoms with Crippen LogP contribution in [0.25, 0.3) is 11.1 Å². The number of benzene rings is 2. The van der Waals surface area contributed by atoms with Gasteiger partial charge in [0.1, 0.15) is 12.2 Å². The van der Waals surface area contributed by atoms with E-state index in [2.05, 4.69) is 48.5 Å². The molecule has 0 radical (unpaired) electrons. The highest BCUT2D eigenvalue weighted by molar-refractivity contribution is 7.33. The van der Waals surface area contributed by atoms with Crippen molar-refractivity contribution in [1.82, 2.24) is 0 Å². The normalized spacial score (nSPS) is 22.2. The number of hydrogen-bond donors (Lipinski definition) is 0. The van der Waals surface area contributed by atoms with E-state index in [1.165, 1.54) is 11.1 Å². The van der Waals surface area contributed by atoms with E-state index in [0.717, 1.165) is 0 Å². The van der Waals surface area contributed by atoms with Gasteiger partial charge in [0.2, 0.25) is 0 Å². The molecule has 6 heteroatoms. The topological polar surface area (TPSA) is 60.6 Å². The molecular weight excluding hydrogens is 327 g/mol. The maximum Gasteiger partial charge on any atom is 0.319 e. The van der Waals surface area contributed by atoms with Crippen LogP contribution in [0.1, 0.15) is 0 Å². The molecule has 0 spiro atoms. The summed E-state index contributed by atoms with van der Waals surface area (Å²) in [6.45, 7) is 2.18. The van der Waals surface area contributed by atoms with E-state index in [9.17, 15) is 4.57 Å². The predicted octanol–water partition coefficient (Wildman–Crippen LogP) is 3.56. The maximum atomic E-state index is 10.9. The van der Waals surface area contributed by atoms with Crippen molar-refractivity contribution in [3.63, 3.8) is 0 Å². The van der Waals surface area contributed by atoms with E-state index < -0.39 is 8.25 Å². The highest BCUT2D eigenvalue weighted by atomic mass is 31.1. The maximum absolute atomic E-state index is 10.9. The summed E-state index contributed by atoms with van der Waals surface area (Å²) < 4.78 is 30.5. The minimum Gasteiger partial charge on any atom is -0.371 e. The van der Waals surface area contributed by atoms with Crippen LogP contribution < -0.4 is 0 Å². The van der Waals surface area contributed by atoms with Gasteiger partial charge in [-0.05, 0) is 11.1 Å². The van der Waals surface area contributed by atoms with E-state index in [0.29, 0.717) is 26.4 Å². The van der Waals surface area contributed by atoms with Gasteiger partial charge in [0, 0.05) is 0 Å². The molecule has 2 unspecified atom stereocenters. The first-order valence-electron chi connectivity index (χ1n) is 7.94. The first-order chi connectivity index (χ1) is 11.8. The molecule has 2 heterocycles. The molecule has 2 aromatic carbocycles. The molecular formula is C18H21O5P. The second-order valence-electron chi connectivity index (χ2n) is 5.51. The third-order valence-corrected chi connectivity index (χ3v) is 4.26. The fraction of sp³-hybridized carbons (Fsp3) is 0.333. The molecule has 0 bridgehead atoms. The average Bonchev–Trinajstić information content (AvgIpc) is 3.55. The van der Waals surface area contributed by atoms with Gasteiger partial charge < -0.3 is 18.5 Å². The Bertz CT molecular complexity index is 571. The lowest BCUT2D eigenvalue weighted by molar-refractivity contribution is 0.194. The van der Waals surface area contributed by atoms with Crippen molar-refractivity contribution in [3.05, 3.63) is 60.7 Å². The first kappa shape index (κ1) is 17.3. The molecule has 2 aliphatic heterocycles. The quantitative estimate of drug-likeness (QED) is 0.566. The largest absolute Gasteiger partial charge is 0.371 e. The summed E-state index contributed by atoms with van der Waals surface area (Å²) in [5.41, 5.74) is 2.55. The molecule has 4 rings (SSSR count). The standard InChI is InChI=1S/C12H10.C6H11O5P/c1-3-7-11(8-4-1)12-9-5-2-6-10-12;7-12(10-3-5-1-8-5)11-4-6-2-9-6/h1-10H;5-6,12H,1-4H2. The fourth-order valence-corrected chi connectivity index (χ4v) is 2.68. The van der Waals surface area contributed by atoms with Gasteiger partial charge in [-0.25, -0.2) is 0 Å². The smallest absolute Gasteiger partial charge is 0.319 e. The van der Waals surface area contributed by atoms with Crippen LogP contribution in [0, 0.1) is 0 Å². The Morgan fingerprint density at radius 2 is 1.17 bits per heavy atom. The van der Waals surface area contributed by atoms with Crippen molar-refractivity contribution in [3.8, 4) is 11.1 Å². The molecule has 2 atom stereocenters. The Labute approximate surface area is 142 Å². The molecule has 0 saturated carbocycles. The summed E-state index contributed by atoms with van der Waals surface area (Å²) >= 11 is 0. The molecule has 2 aromatic rings. The predicted molar refractivity (Wildman–Crippen MR) is 92.3 cm³/mol. The molecule has 0 N–H and O–H groups in total. The van der Waals surface area contributed by atoms with Gasteiger partial charge in [-0.3, -0.25) is 4.57 Å². The van der Waals surface area contributed by atoms with E-state index in [4.69, 9.17) is 18.5 Å². The van der Waals surface area contributed by atoms with Crippen molar-refractivity contribution in [2.24, 2.45) is 0 Å². The molecule has 2 aliphatic rings. The number of ether oxygens (including phenoxy) is 2. The van der Waals surface area contributed by atoms with Gasteiger partial charge in [0.15, 0.2) is 0 Å². The third-order valence-electron chi connectivity index (χ3n) is 3.46. The fourth-order valence-electron chi connectivity index (χ4n) is 1.95. The molecule has 0 aliphatic carbocycles. The number of epoxide rings is 2. The third kappa shape index (κ3) is 6.56. The SMILES string of the molecule is O=[PH](OCC1CO1)OCC1CO1.c1ccc(-c2ccccc2)cc1. The molecule has 5 nitrogen and oxygen atoms in total. The van der Waals surface area contributed by atoms with Crippen LogP contribution in [0.15, 0.2) is 60.7 Å². The summed E-state index contributed by atoms with van der Waals surface area (Å²) in [5, 5.41) is 0. The van der Waals surface area contributed by atoms with Crippen LogP contribution in [0.2, 0.25) is 0 Å².